The predicted octanol–water partition coefficient (Wildman–Crippen LogP) is 8.82. The summed E-state index contributed by atoms with van der Waals surface area (Å²) in [6.45, 7) is 21.5. The van der Waals surface area contributed by atoms with E-state index in [1.807, 2.05) is 0 Å². The van der Waals surface area contributed by atoms with Gasteiger partial charge in [0, 0.05) is 0 Å². The first-order chi connectivity index (χ1) is 15.4. The Morgan fingerprint density at radius 3 is 1.88 bits per heavy atom. The van der Waals surface area contributed by atoms with Crippen molar-refractivity contribution in [3.05, 3.63) is 60.3 Å². The van der Waals surface area contributed by atoms with E-state index >= 15 is 0 Å². The zero-order valence-electron chi connectivity index (χ0n) is 22.5. The van der Waals surface area contributed by atoms with Crippen LogP contribution in [-0.4, -0.2) is 18.3 Å². The van der Waals surface area contributed by atoms with Gasteiger partial charge in [-0.3, -0.25) is 0 Å². The minimum absolute atomic E-state index is 0.0850. The van der Waals surface area contributed by atoms with E-state index in [4.69, 9.17) is 4.98 Å². The van der Waals surface area contributed by atoms with Crippen LogP contribution in [0.25, 0.3) is 22.0 Å². The summed E-state index contributed by atoms with van der Waals surface area (Å²) >= 11 is -2.32. The van der Waals surface area contributed by atoms with Gasteiger partial charge in [0.2, 0.25) is 0 Å². The monoisotopic (exact) mass is 505 g/mol. The fraction of sp³-hybridized carbons (Fsp3) is 0.516. The van der Waals surface area contributed by atoms with Crippen molar-refractivity contribution >= 4 is 28.4 Å². The van der Waals surface area contributed by atoms with Crippen LogP contribution in [-0.2, 0) is 5.41 Å². The maximum atomic E-state index is 4.92. The van der Waals surface area contributed by atoms with E-state index in [-0.39, 0.29) is 5.41 Å². The Morgan fingerprint density at radius 1 is 0.758 bits per heavy atom. The van der Waals surface area contributed by atoms with Gasteiger partial charge in [-0.25, -0.2) is 0 Å². The van der Waals surface area contributed by atoms with Gasteiger partial charge in [0.05, 0.1) is 0 Å². The summed E-state index contributed by atoms with van der Waals surface area (Å²) in [5.74, 6) is 2.23. The molecule has 0 aliphatic carbocycles. The van der Waals surface area contributed by atoms with Crippen molar-refractivity contribution < 1.29 is 0 Å². The van der Waals surface area contributed by atoms with Crippen LogP contribution < -0.4 is 4.40 Å². The molecule has 2 aromatic carbocycles. The van der Waals surface area contributed by atoms with Gasteiger partial charge in [0.1, 0.15) is 0 Å². The van der Waals surface area contributed by atoms with E-state index < -0.39 is 13.3 Å². The Morgan fingerprint density at radius 2 is 1.33 bits per heavy atom. The zero-order valence-corrected chi connectivity index (χ0v) is 24.6. The molecular weight excluding hydrogens is 459 g/mol. The van der Waals surface area contributed by atoms with E-state index in [2.05, 4.69) is 117 Å². The number of rotatable bonds is 8. The third kappa shape index (κ3) is 6.29. The second-order valence-electron chi connectivity index (χ2n) is 12.5. The number of fused-ring (bicyclic) bond motifs is 1. The summed E-state index contributed by atoms with van der Waals surface area (Å²) in [6.07, 6.45) is 2.09. The van der Waals surface area contributed by atoms with E-state index in [1.54, 1.807) is 4.40 Å². The molecule has 0 atom stereocenters. The van der Waals surface area contributed by atoms with Gasteiger partial charge >= 0.3 is 206 Å². The van der Waals surface area contributed by atoms with Crippen molar-refractivity contribution in [1.29, 1.82) is 0 Å². The van der Waals surface area contributed by atoms with Gasteiger partial charge in [0.25, 0.3) is 0 Å². The summed E-state index contributed by atoms with van der Waals surface area (Å²) in [4.78, 5) is 4.92. The van der Waals surface area contributed by atoms with Crippen molar-refractivity contribution in [1.82, 2.24) is 4.98 Å². The molecule has 1 aromatic heterocycles. The van der Waals surface area contributed by atoms with Gasteiger partial charge in [0.15, 0.2) is 0 Å². The third-order valence-electron chi connectivity index (χ3n) is 6.73. The zero-order chi connectivity index (χ0) is 24.4. The average molecular weight is 504 g/mol. The number of pyridine rings is 1. The summed E-state index contributed by atoms with van der Waals surface area (Å²) in [7, 11) is 0. The normalized spacial score (nSPS) is 13.0. The van der Waals surface area contributed by atoms with E-state index in [0.717, 1.165) is 23.4 Å². The molecule has 0 N–H and O–H groups in total. The van der Waals surface area contributed by atoms with Crippen molar-refractivity contribution in [3.8, 4) is 11.3 Å². The molecule has 0 fully saturated rings. The quantitative estimate of drug-likeness (QED) is 0.280. The van der Waals surface area contributed by atoms with Crippen molar-refractivity contribution in [2.75, 3.05) is 0 Å². The number of benzene rings is 2. The average Bonchev–Trinajstić information content (AvgIpc) is 2.70. The summed E-state index contributed by atoms with van der Waals surface area (Å²) in [6, 6.07) is 18.4. The molecule has 0 saturated heterocycles. The molecular formula is C31H45GeN. The number of aromatic nitrogens is 1. The van der Waals surface area contributed by atoms with Crippen molar-refractivity contribution in [3.63, 3.8) is 0 Å². The van der Waals surface area contributed by atoms with Gasteiger partial charge in [-0.2, -0.15) is 0 Å². The number of nitrogens with zero attached hydrogens (tertiary/aromatic N) is 1. The van der Waals surface area contributed by atoms with Crippen LogP contribution in [0.2, 0.25) is 15.8 Å². The first-order valence-electron chi connectivity index (χ1n) is 12.9. The Hall–Kier alpha value is -1.61. The topological polar surface area (TPSA) is 12.9 Å². The van der Waals surface area contributed by atoms with E-state index in [9.17, 15) is 0 Å². The van der Waals surface area contributed by atoms with Gasteiger partial charge in [-0.15, -0.1) is 0 Å². The molecule has 2 heteroatoms. The molecule has 0 radical (unpaired) electrons. The Kier molecular flexibility index (Phi) is 8.15. The third-order valence-corrected chi connectivity index (χ3v) is 20.0. The molecule has 0 saturated carbocycles. The fourth-order valence-electron chi connectivity index (χ4n) is 5.95. The van der Waals surface area contributed by atoms with Crippen LogP contribution in [0.15, 0.2) is 54.7 Å². The second-order valence-corrected chi connectivity index (χ2v) is 21.7. The number of hydrogen-bond acceptors (Lipinski definition) is 1. The van der Waals surface area contributed by atoms with Crippen LogP contribution in [0.3, 0.4) is 0 Å². The van der Waals surface area contributed by atoms with Gasteiger partial charge in [-0.05, 0) is 0 Å². The molecule has 0 unspecified atom stereocenters. The van der Waals surface area contributed by atoms with Crippen LogP contribution >= 0.6 is 0 Å². The molecule has 0 aliphatic rings. The minimum atomic E-state index is -2.32. The molecule has 0 bridgehead atoms. The summed E-state index contributed by atoms with van der Waals surface area (Å²) in [5, 5.41) is 6.89. The molecule has 178 valence electrons. The molecule has 3 aromatic rings. The standard InChI is InChI=1S/C31H45GeN/c1-22(2)19-32(20-23(3)4,21-24(5)6)27-14-15-33-30(18-27)26-16-25-12-10-11-13-28(25)29(17-26)31(7,8)9/h10-18,22-24H,19-21H2,1-9H3. The Labute approximate surface area is 205 Å². The summed E-state index contributed by atoms with van der Waals surface area (Å²) in [5.41, 5.74) is 3.90. The first-order valence-corrected chi connectivity index (χ1v) is 18.4. The van der Waals surface area contributed by atoms with Crippen LogP contribution in [0, 0.1) is 17.8 Å². The van der Waals surface area contributed by atoms with Crippen LogP contribution in [0.4, 0.5) is 0 Å². The molecule has 33 heavy (non-hydrogen) atoms. The van der Waals surface area contributed by atoms with Crippen LogP contribution in [0.5, 0.6) is 0 Å². The molecule has 1 heterocycles. The second kappa shape index (κ2) is 10.3. The molecule has 0 spiro atoms. The maximum absolute atomic E-state index is 4.92. The fourth-order valence-corrected chi connectivity index (χ4v) is 20.1. The Balaban J connectivity index is 2.20. The van der Waals surface area contributed by atoms with Crippen LogP contribution in [0.1, 0.15) is 67.9 Å². The summed E-state index contributed by atoms with van der Waals surface area (Å²) < 4.78 is 1.65. The van der Waals surface area contributed by atoms with Crippen molar-refractivity contribution in [2.24, 2.45) is 17.8 Å². The molecule has 0 aliphatic heterocycles. The first kappa shape index (κ1) is 26.0. The SMILES string of the molecule is CC(C)[CH2][Ge]([CH2]C(C)C)([CH2]C(C)C)[c]1ccnc(-c2cc(C(C)(C)C)c3ccccc3c2)c1. The Bertz CT molecular complexity index is 1050. The number of hydrogen-bond donors (Lipinski definition) is 0. The van der Waals surface area contributed by atoms with E-state index in [1.165, 1.54) is 37.7 Å². The predicted molar refractivity (Wildman–Crippen MR) is 150 cm³/mol. The molecule has 0 amide bonds. The van der Waals surface area contributed by atoms with Gasteiger partial charge < -0.3 is 0 Å². The molecule has 1 nitrogen and oxygen atoms in total. The van der Waals surface area contributed by atoms with Crippen molar-refractivity contribution in [2.45, 2.75) is 83.5 Å². The molecule has 3 rings (SSSR count). The van der Waals surface area contributed by atoms with Gasteiger partial charge in [-0.1, -0.05) is 0 Å². The van der Waals surface area contributed by atoms with E-state index in [0.29, 0.717) is 0 Å².